The van der Waals surface area contributed by atoms with Crippen LogP contribution in [-0.4, -0.2) is 42.0 Å². The quantitative estimate of drug-likeness (QED) is 0.745. The lowest BCUT2D eigenvalue weighted by atomic mass is 9.90. The van der Waals surface area contributed by atoms with Gasteiger partial charge in [-0.1, -0.05) is 66.7 Å². The van der Waals surface area contributed by atoms with Gasteiger partial charge < -0.3 is 9.80 Å². The second kappa shape index (κ2) is 8.81. The second-order valence-electron chi connectivity index (χ2n) is 7.33. The van der Waals surface area contributed by atoms with Gasteiger partial charge in [-0.15, -0.1) is 0 Å². The Hall–Kier alpha value is -2.98. The van der Waals surface area contributed by atoms with Crippen molar-refractivity contribution in [1.82, 2.24) is 9.88 Å². The summed E-state index contributed by atoms with van der Waals surface area (Å²) in [5.74, 6) is -0.0333. The number of carbonyl (C=O) groups excluding carboxylic acids is 1. The maximum absolute atomic E-state index is 13.5. The van der Waals surface area contributed by atoms with Crippen molar-refractivity contribution < 1.29 is 9.69 Å². The highest BCUT2D eigenvalue weighted by atomic mass is 16.2. The van der Waals surface area contributed by atoms with Crippen LogP contribution in [0.5, 0.6) is 0 Å². The van der Waals surface area contributed by atoms with E-state index in [-0.39, 0.29) is 11.8 Å². The number of hydrogen-bond acceptors (Lipinski definition) is 2. The van der Waals surface area contributed by atoms with Crippen molar-refractivity contribution in [2.45, 2.75) is 12.5 Å². The molecule has 1 N–H and O–H groups in total. The Labute approximate surface area is 166 Å². The van der Waals surface area contributed by atoms with Gasteiger partial charge in [0.1, 0.15) is 6.54 Å². The Morgan fingerprint density at radius 3 is 1.96 bits per heavy atom. The first-order valence-electron chi connectivity index (χ1n) is 9.93. The van der Waals surface area contributed by atoms with Crippen molar-refractivity contribution in [3.8, 4) is 0 Å². The molecule has 142 valence electrons. The monoisotopic (exact) mass is 372 g/mol. The van der Waals surface area contributed by atoms with E-state index in [2.05, 4.69) is 35.3 Å². The first-order valence-corrected chi connectivity index (χ1v) is 9.93. The van der Waals surface area contributed by atoms with Gasteiger partial charge in [0, 0.05) is 6.20 Å². The van der Waals surface area contributed by atoms with Gasteiger partial charge >= 0.3 is 0 Å². The highest BCUT2D eigenvalue weighted by Crippen LogP contribution is 2.26. The number of aromatic nitrogens is 1. The zero-order valence-electron chi connectivity index (χ0n) is 16.0. The summed E-state index contributed by atoms with van der Waals surface area (Å²) >= 11 is 0. The molecule has 0 spiro atoms. The highest BCUT2D eigenvalue weighted by Gasteiger charge is 2.31. The maximum Gasteiger partial charge on any atom is 0.234 e. The second-order valence-corrected chi connectivity index (χ2v) is 7.33. The summed E-state index contributed by atoms with van der Waals surface area (Å²) in [6.45, 7) is 4.41. The number of quaternary nitrogens is 1. The highest BCUT2D eigenvalue weighted by molar-refractivity contribution is 5.87. The summed E-state index contributed by atoms with van der Waals surface area (Å²) in [7, 11) is 0. The standard InChI is InChI=1S/C24H25N3O/c28-24(23(20-9-3-1-4-10-20)21-11-5-2-6-12-21)27-17-15-26(16-18-27)19-22-13-7-8-14-25-22/h1-14,23H,15-19H2/p+1. The molecular formula is C24H26N3O+. The number of benzene rings is 2. The van der Waals surface area contributed by atoms with Crippen LogP contribution < -0.4 is 4.90 Å². The van der Waals surface area contributed by atoms with Crippen molar-refractivity contribution >= 4 is 5.91 Å². The molecule has 4 heteroatoms. The fourth-order valence-electron chi connectivity index (χ4n) is 3.93. The minimum atomic E-state index is -0.236. The predicted octanol–water partition coefficient (Wildman–Crippen LogP) is 2.14. The van der Waals surface area contributed by atoms with E-state index in [1.54, 1.807) is 0 Å². The van der Waals surface area contributed by atoms with E-state index in [1.165, 1.54) is 4.90 Å². The third kappa shape index (κ3) is 4.29. The smallest absolute Gasteiger partial charge is 0.234 e. The number of piperazine rings is 1. The molecule has 0 unspecified atom stereocenters. The average Bonchev–Trinajstić information content (AvgIpc) is 2.77. The Morgan fingerprint density at radius 2 is 1.43 bits per heavy atom. The number of hydrogen-bond donors (Lipinski definition) is 1. The summed E-state index contributed by atoms with van der Waals surface area (Å²) in [6, 6.07) is 26.3. The number of nitrogens with zero attached hydrogens (tertiary/aromatic N) is 2. The topological polar surface area (TPSA) is 37.6 Å². The van der Waals surface area contributed by atoms with E-state index in [9.17, 15) is 4.79 Å². The minimum Gasteiger partial charge on any atom is -0.331 e. The Bertz CT molecular complexity index is 836. The van der Waals surface area contributed by atoms with Gasteiger partial charge in [0.15, 0.2) is 0 Å². The summed E-state index contributed by atoms with van der Waals surface area (Å²) in [5, 5.41) is 0. The average molecular weight is 372 g/mol. The fraction of sp³-hybridized carbons (Fsp3) is 0.250. The molecule has 2 heterocycles. The third-order valence-electron chi connectivity index (χ3n) is 5.45. The van der Waals surface area contributed by atoms with Gasteiger partial charge in [-0.2, -0.15) is 0 Å². The summed E-state index contributed by atoms with van der Waals surface area (Å²) < 4.78 is 0. The van der Waals surface area contributed by atoms with Crippen molar-refractivity contribution in [3.05, 3.63) is 102 Å². The van der Waals surface area contributed by atoms with Gasteiger partial charge in [-0.3, -0.25) is 9.78 Å². The van der Waals surface area contributed by atoms with Gasteiger partial charge in [-0.05, 0) is 23.3 Å². The van der Waals surface area contributed by atoms with Crippen LogP contribution in [0.25, 0.3) is 0 Å². The van der Waals surface area contributed by atoms with Crippen LogP contribution in [0, 0.1) is 0 Å². The van der Waals surface area contributed by atoms with Gasteiger partial charge in [-0.25, -0.2) is 0 Å². The van der Waals surface area contributed by atoms with Crippen molar-refractivity contribution in [1.29, 1.82) is 0 Å². The molecule has 0 radical (unpaired) electrons. The zero-order valence-corrected chi connectivity index (χ0v) is 16.0. The van der Waals surface area contributed by atoms with E-state index < -0.39 is 0 Å². The minimum absolute atomic E-state index is 0.203. The van der Waals surface area contributed by atoms with Crippen LogP contribution in [-0.2, 0) is 11.3 Å². The summed E-state index contributed by atoms with van der Waals surface area (Å²) in [6.07, 6.45) is 1.85. The van der Waals surface area contributed by atoms with Crippen LogP contribution in [0.2, 0.25) is 0 Å². The van der Waals surface area contributed by atoms with Crippen molar-refractivity contribution in [3.63, 3.8) is 0 Å². The lowest BCUT2D eigenvalue weighted by Gasteiger charge is -2.34. The molecular weight excluding hydrogens is 346 g/mol. The zero-order chi connectivity index (χ0) is 19.2. The van der Waals surface area contributed by atoms with Crippen molar-refractivity contribution in [2.24, 2.45) is 0 Å². The molecule has 28 heavy (non-hydrogen) atoms. The van der Waals surface area contributed by atoms with Crippen LogP contribution in [0.4, 0.5) is 0 Å². The Balaban J connectivity index is 1.46. The normalized spacial score (nSPS) is 15.0. The molecule has 3 aromatic rings. The molecule has 1 aromatic heterocycles. The van der Waals surface area contributed by atoms with E-state index in [4.69, 9.17) is 0 Å². The SMILES string of the molecule is O=C(C(c1ccccc1)c1ccccc1)N1CC[NH+](Cc2ccccn2)CC1. The van der Waals surface area contributed by atoms with Gasteiger partial charge in [0.05, 0.1) is 37.8 Å². The molecule has 2 aromatic carbocycles. The number of nitrogens with one attached hydrogen (secondary N) is 1. The molecule has 0 bridgehead atoms. The maximum atomic E-state index is 13.5. The van der Waals surface area contributed by atoms with Gasteiger partial charge in [0.2, 0.25) is 5.91 Å². The number of carbonyl (C=O) groups is 1. The van der Waals surface area contributed by atoms with Crippen molar-refractivity contribution in [2.75, 3.05) is 26.2 Å². The molecule has 4 nitrogen and oxygen atoms in total. The molecule has 0 aliphatic carbocycles. The molecule has 1 fully saturated rings. The molecule has 4 rings (SSSR count). The lowest BCUT2D eigenvalue weighted by Crippen LogP contribution is -3.13. The third-order valence-corrected chi connectivity index (χ3v) is 5.45. The molecule has 1 saturated heterocycles. The molecule has 0 atom stereocenters. The summed E-state index contributed by atoms with van der Waals surface area (Å²) in [4.78, 5) is 21.4. The van der Waals surface area contributed by atoms with Crippen LogP contribution in [0.1, 0.15) is 22.7 Å². The number of amides is 1. The molecule has 1 aliphatic heterocycles. The Kier molecular flexibility index (Phi) is 5.78. The lowest BCUT2D eigenvalue weighted by molar-refractivity contribution is -0.917. The van der Waals surface area contributed by atoms with Crippen LogP contribution in [0.15, 0.2) is 85.1 Å². The van der Waals surface area contributed by atoms with E-state index >= 15 is 0 Å². The van der Waals surface area contributed by atoms with Crippen LogP contribution in [0.3, 0.4) is 0 Å². The first-order chi connectivity index (χ1) is 13.8. The molecule has 1 amide bonds. The molecule has 0 saturated carbocycles. The molecule has 1 aliphatic rings. The van der Waals surface area contributed by atoms with E-state index in [0.29, 0.717) is 0 Å². The van der Waals surface area contributed by atoms with E-state index in [1.807, 2.05) is 59.6 Å². The fourth-order valence-corrected chi connectivity index (χ4v) is 3.93. The Morgan fingerprint density at radius 1 is 0.857 bits per heavy atom. The van der Waals surface area contributed by atoms with Crippen LogP contribution >= 0.6 is 0 Å². The summed E-state index contributed by atoms with van der Waals surface area (Å²) in [5.41, 5.74) is 3.23. The van der Waals surface area contributed by atoms with E-state index in [0.717, 1.165) is 49.5 Å². The largest absolute Gasteiger partial charge is 0.331 e. The predicted molar refractivity (Wildman–Crippen MR) is 110 cm³/mol. The number of rotatable bonds is 5. The van der Waals surface area contributed by atoms with Gasteiger partial charge in [0.25, 0.3) is 0 Å². The number of pyridine rings is 1. The first kappa shape index (κ1) is 18.4.